The van der Waals surface area contributed by atoms with E-state index in [9.17, 15) is 8.42 Å². The molecule has 0 bridgehead atoms. The van der Waals surface area contributed by atoms with Crippen molar-refractivity contribution in [2.24, 2.45) is 0 Å². The van der Waals surface area contributed by atoms with Gasteiger partial charge in [0.15, 0.2) is 0 Å². The summed E-state index contributed by atoms with van der Waals surface area (Å²) in [5, 5.41) is 6.39. The van der Waals surface area contributed by atoms with Crippen LogP contribution in [0.1, 0.15) is 0 Å². The van der Waals surface area contributed by atoms with Crippen LogP contribution in [0.2, 0.25) is 0 Å². The van der Waals surface area contributed by atoms with Crippen LogP contribution in [-0.2, 0) is 16.7 Å². The number of hydrogen-bond donors (Lipinski definition) is 0. The Bertz CT molecular complexity index is 1050. The summed E-state index contributed by atoms with van der Waals surface area (Å²) in [6.07, 6.45) is 2.94. The highest BCUT2D eigenvalue weighted by Gasteiger charge is 2.29. The second-order valence-electron chi connectivity index (χ2n) is 6.00. The fourth-order valence-electron chi connectivity index (χ4n) is 2.84. The summed E-state index contributed by atoms with van der Waals surface area (Å²) in [5.74, 6) is 0.507. The van der Waals surface area contributed by atoms with Crippen molar-refractivity contribution in [3.63, 3.8) is 0 Å². The van der Waals surface area contributed by atoms with Gasteiger partial charge in [-0.15, -0.1) is 16.4 Å². The highest BCUT2D eigenvalue weighted by atomic mass is 32.2. The molecule has 0 aliphatic carbocycles. The Labute approximate surface area is 165 Å². The molecule has 1 saturated heterocycles. The lowest BCUT2D eigenvalue weighted by Gasteiger charge is -2.33. The largest absolute Gasteiger partial charge is 0.408 e. The van der Waals surface area contributed by atoms with Gasteiger partial charge in [0.1, 0.15) is 4.90 Å². The van der Waals surface area contributed by atoms with E-state index in [1.54, 1.807) is 23.0 Å². The first-order chi connectivity index (χ1) is 13.0. The minimum Gasteiger partial charge on any atom is -0.408 e. The molecule has 11 heteroatoms. The quantitative estimate of drug-likeness (QED) is 0.582. The maximum atomic E-state index is 12.7. The Morgan fingerprint density at radius 1 is 1.19 bits per heavy atom. The summed E-state index contributed by atoms with van der Waals surface area (Å²) < 4.78 is 34.0. The normalized spacial score (nSPS) is 16.6. The van der Waals surface area contributed by atoms with Crippen LogP contribution < -0.4 is 0 Å². The molecule has 3 aromatic heterocycles. The van der Waals surface area contributed by atoms with Gasteiger partial charge >= 0.3 is 0 Å². The predicted molar refractivity (Wildman–Crippen MR) is 103 cm³/mol. The lowest BCUT2D eigenvalue weighted by atomic mass is 10.4. The summed E-state index contributed by atoms with van der Waals surface area (Å²) in [6, 6.07) is 7.05. The smallest absolute Gasteiger partial charge is 0.288 e. The van der Waals surface area contributed by atoms with Gasteiger partial charge < -0.3 is 4.42 Å². The van der Waals surface area contributed by atoms with Crippen LogP contribution in [0.25, 0.3) is 10.8 Å². The molecule has 8 nitrogen and oxygen atoms in total. The zero-order valence-corrected chi connectivity index (χ0v) is 16.7. The molecular weight excluding hydrogens is 406 g/mol. The van der Waals surface area contributed by atoms with E-state index in [2.05, 4.69) is 15.0 Å². The first-order valence-corrected chi connectivity index (χ1v) is 11.0. The third kappa shape index (κ3) is 3.87. The van der Waals surface area contributed by atoms with E-state index < -0.39 is 10.0 Å². The van der Waals surface area contributed by atoms with Gasteiger partial charge in [0.25, 0.3) is 10.7 Å². The topological polar surface area (TPSA) is 84.5 Å². The Balaban J connectivity index is 1.41. The highest BCUT2D eigenvalue weighted by Crippen LogP contribution is 2.23. The zero-order chi connectivity index (χ0) is 18.9. The second kappa shape index (κ2) is 7.60. The van der Waals surface area contributed by atoms with Crippen LogP contribution in [0.4, 0.5) is 0 Å². The molecule has 0 atom stereocenters. The Morgan fingerprint density at radius 3 is 2.67 bits per heavy atom. The molecule has 4 heterocycles. The highest BCUT2D eigenvalue weighted by molar-refractivity contribution is 7.89. The van der Waals surface area contributed by atoms with Crippen LogP contribution >= 0.6 is 23.6 Å². The average molecular weight is 424 g/mol. The Kier molecular flexibility index (Phi) is 5.19. The van der Waals surface area contributed by atoms with Crippen molar-refractivity contribution >= 4 is 33.6 Å². The molecule has 0 N–H and O–H groups in total. The molecule has 0 spiro atoms. The van der Waals surface area contributed by atoms with Gasteiger partial charge in [-0.1, -0.05) is 6.07 Å². The lowest BCUT2D eigenvalue weighted by molar-refractivity contribution is 0.143. The number of aromatic nitrogens is 3. The lowest BCUT2D eigenvalue weighted by Crippen LogP contribution is -2.48. The maximum absolute atomic E-state index is 12.7. The van der Waals surface area contributed by atoms with Crippen LogP contribution in [-0.4, -0.2) is 58.6 Å². The van der Waals surface area contributed by atoms with Gasteiger partial charge in [0.05, 0.1) is 11.5 Å². The standard InChI is InChI=1S/C16H17N5O3S3/c22-27(23,13-3-1-5-17-11-13)20-8-6-19(7-9-20)12-21-16(25)24-15(18-21)14-4-2-10-26-14/h1-5,10-11H,6-9,12H2. The van der Waals surface area contributed by atoms with Crippen molar-refractivity contribution in [1.82, 2.24) is 24.0 Å². The fourth-order valence-corrected chi connectivity index (χ4v) is 5.05. The van der Waals surface area contributed by atoms with Gasteiger partial charge in [0, 0.05) is 38.6 Å². The minimum atomic E-state index is -3.51. The summed E-state index contributed by atoms with van der Waals surface area (Å²) in [7, 11) is -3.51. The van der Waals surface area contributed by atoms with E-state index in [0.29, 0.717) is 43.6 Å². The molecule has 1 fully saturated rings. The molecular formula is C16H17N5O3S3. The third-order valence-corrected chi connectivity index (χ3v) is 7.31. The average Bonchev–Trinajstić information content (AvgIpc) is 3.33. The van der Waals surface area contributed by atoms with E-state index >= 15 is 0 Å². The monoisotopic (exact) mass is 423 g/mol. The minimum absolute atomic E-state index is 0.220. The van der Waals surface area contributed by atoms with Crippen LogP contribution in [0.15, 0.2) is 51.4 Å². The molecule has 27 heavy (non-hydrogen) atoms. The SMILES string of the molecule is O=S(=O)(c1cccnc1)N1CCN(Cn2nc(-c3cccs3)oc2=S)CC1. The van der Waals surface area contributed by atoms with Crippen molar-refractivity contribution in [2.75, 3.05) is 26.2 Å². The Hall–Kier alpha value is -1.92. The van der Waals surface area contributed by atoms with Crippen molar-refractivity contribution in [2.45, 2.75) is 11.6 Å². The molecule has 142 valence electrons. The second-order valence-corrected chi connectivity index (χ2v) is 9.24. The van der Waals surface area contributed by atoms with Crippen LogP contribution in [0.5, 0.6) is 0 Å². The summed E-state index contributed by atoms with van der Waals surface area (Å²) >= 11 is 6.80. The van der Waals surface area contributed by atoms with E-state index in [-0.39, 0.29) is 4.90 Å². The van der Waals surface area contributed by atoms with Crippen molar-refractivity contribution in [1.29, 1.82) is 0 Å². The summed E-state index contributed by atoms with van der Waals surface area (Å²) in [4.78, 5) is 7.46. The van der Waals surface area contributed by atoms with E-state index in [0.717, 1.165) is 4.88 Å². The number of hydrogen-bond acceptors (Lipinski definition) is 8. The van der Waals surface area contributed by atoms with E-state index in [4.69, 9.17) is 16.6 Å². The maximum Gasteiger partial charge on any atom is 0.288 e. The van der Waals surface area contributed by atoms with Gasteiger partial charge in [-0.25, -0.2) is 13.1 Å². The molecule has 0 saturated carbocycles. The number of pyridine rings is 1. The predicted octanol–water partition coefficient (Wildman–Crippen LogP) is 2.29. The number of nitrogens with zero attached hydrogens (tertiary/aromatic N) is 5. The zero-order valence-electron chi connectivity index (χ0n) is 14.3. The van der Waals surface area contributed by atoms with Gasteiger partial charge in [-0.3, -0.25) is 9.88 Å². The molecule has 0 unspecified atom stereocenters. The van der Waals surface area contributed by atoms with Crippen molar-refractivity contribution in [3.05, 3.63) is 46.9 Å². The molecule has 0 amide bonds. The Morgan fingerprint density at radius 2 is 2.00 bits per heavy atom. The number of sulfonamides is 1. The van der Waals surface area contributed by atoms with Crippen molar-refractivity contribution < 1.29 is 12.8 Å². The molecule has 1 aliphatic rings. The number of piperazine rings is 1. The van der Waals surface area contributed by atoms with Crippen LogP contribution in [0.3, 0.4) is 0 Å². The molecule has 3 aromatic rings. The molecule has 0 aromatic carbocycles. The summed E-state index contributed by atoms with van der Waals surface area (Å²) in [5.41, 5.74) is 0. The van der Waals surface area contributed by atoms with Crippen LogP contribution in [0, 0.1) is 4.84 Å². The molecule has 4 rings (SSSR count). The van der Waals surface area contributed by atoms with E-state index in [1.807, 2.05) is 17.5 Å². The molecule has 0 radical (unpaired) electrons. The van der Waals surface area contributed by atoms with Gasteiger partial charge in [-0.05, 0) is 35.8 Å². The third-order valence-electron chi connectivity index (χ3n) is 4.28. The number of rotatable bonds is 5. The number of thiophene rings is 1. The van der Waals surface area contributed by atoms with Gasteiger partial charge in [0.2, 0.25) is 10.0 Å². The van der Waals surface area contributed by atoms with Gasteiger partial charge in [-0.2, -0.15) is 4.31 Å². The first kappa shape index (κ1) is 18.4. The summed E-state index contributed by atoms with van der Waals surface area (Å²) in [6.45, 7) is 2.44. The van der Waals surface area contributed by atoms with E-state index in [1.165, 1.54) is 21.8 Å². The van der Waals surface area contributed by atoms with Crippen molar-refractivity contribution in [3.8, 4) is 10.8 Å². The first-order valence-electron chi connectivity index (χ1n) is 8.28. The fraction of sp³-hybridized carbons (Fsp3) is 0.312. The molecule has 1 aliphatic heterocycles.